The number of likely N-dealkylation sites (tertiary alicyclic amines) is 1. The van der Waals surface area contributed by atoms with Gasteiger partial charge in [-0.1, -0.05) is 6.07 Å². The number of rotatable bonds is 6. The number of ether oxygens (including phenoxy) is 1. The second-order valence-corrected chi connectivity index (χ2v) is 11.3. The highest BCUT2D eigenvalue weighted by atomic mass is 19.1. The zero-order chi connectivity index (χ0) is 29.2. The van der Waals surface area contributed by atoms with E-state index in [-0.39, 0.29) is 6.04 Å². The summed E-state index contributed by atoms with van der Waals surface area (Å²) < 4.78 is 22.8. The van der Waals surface area contributed by atoms with Gasteiger partial charge in [0, 0.05) is 85.8 Å². The van der Waals surface area contributed by atoms with Gasteiger partial charge in [-0.3, -0.25) is 9.58 Å². The Labute approximate surface area is 241 Å². The maximum absolute atomic E-state index is 14.6. The van der Waals surface area contributed by atoms with Crippen LogP contribution in [-0.4, -0.2) is 72.1 Å². The third-order valence-corrected chi connectivity index (χ3v) is 8.34. The number of methoxy groups -OCH3 is 1. The standard InChI is InChI=1S/C30H29FN10O/c1-30(33)17-39(13-18-4-7-26(42-3)35-10-18)24-16-40(28(24)30)25-6-5-19(11-34-25)22-8-20(23-15-38(2)37-29(23)31)14-41-27(22)21(9-32)12-36-41/h4-8,10-12,14-15,24,28H,13,16-17,33H2,1-3H3/t24-,28+,30?/m0/s1. The van der Waals surface area contributed by atoms with Crippen molar-refractivity contribution in [3.05, 3.63) is 78.4 Å². The zero-order valence-electron chi connectivity index (χ0n) is 23.4. The van der Waals surface area contributed by atoms with E-state index in [1.807, 2.05) is 36.5 Å². The molecule has 0 saturated carbocycles. The van der Waals surface area contributed by atoms with E-state index in [9.17, 15) is 9.65 Å². The second kappa shape index (κ2) is 9.61. The van der Waals surface area contributed by atoms with Crippen LogP contribution in [0.5, 0.6) is 5.88 Å². The first kappa shape index (κ1) is 26.1. The predicted molar refractivity (Wildman–Crippen MR) is 154 cm³/mol. The number of hydrogen-bond acceptors (Lipinski definition) is 9. The van der Waals surface area contributed by atoms with Crippen molar-refractivity contribution in [2.45, 2.75) is 31.1 Å². The van der Waals surface area contributed by atoms with Crippen molar-refractivity contribution in [3.8, 4) is 34.2 Å². The van der Waals surface area contributed by atoms with Crippen LogP contribution in [-0.2, 0) is 13.6 Å². The van der Waals surface area contributed by atoms with Gasteiger partial charge in [0.15, 0.2) is 0 Å². The number of nitriles is 1. The van der Waals surface area contributed by atoms with E-state index >= 15 is 0 Å². The molecular formula is C30H29FN10O. The molecule has 0 amide bonds. The molecule has 7 heterocycles. The molecule has 42 heavy (non-hydrogen) atoms. The van der Waals surface area contributed by atoms with Crippen molar-refractivity contribution < 1.29 is 9.13 Å². The van der Waals surface area contributed by atoms with Gasteiger partial charge in [0.25, 0.3) is 0 Å². The molecule has 3 atom stereocenters. The van der Waals surface area contributed by atoms with E-state index in [0.717, 1.165) is 42.1 Å². The van der Waals surface area contributed by atoms with Crippen molar-refractivity contribution in [3.63, 3.8) is 0 Å². The molecule has 5 aromatic heterocycles. The highest BCUT2D eigenvalue weighted by Crippen LogP contribution is 2.41. The highest BCUT2D eigenvalue weighted by Gasteiger charge is 2.57. The van der Waals surface area contributed by atoms with Crippen molar-refractivity contribution in [2.24, 2.45) is 12.8 Å². The fourth-order valence-corrected chi connectivity index (χ4v) is 6.45. The lowest BCUT2D eigenvalue weighted by molar-refractivity contribution is 0.193. The quantitative estimate of drug-likeness (QED) is 0.331. The van der Waals surface area contributed by atoms with Gasteiger partial charge < -0.3 is 15.4 Å². The van der Waals surface area contributed by atoms with Gasteiger partial charge >= 0.3 is 0 Å². The van der Waals surface area contributed by atoms with Crippen LogP contribution in [0.3, 0.4) is 0 Å². The third-order valence-electron chi connectivity index (χ3n) is 8.34. The summed E-state index contributed by atoms with van der Waals surface area (Å²) in [6, 6.07) is 12.4. The number of pyridine rings is 3. The monoisotopic (exact) mass is 564 g/mol. The molecule has 2 saturated heterocycles. The number of nitrogens with two attached hydrogens (primary N) is 1. The molecule has 12 heteroatoms. The molecule has 2 N–H and O–H groups in total. The number of aryl methyl sites for hydroxylation is 1. The summed E-state index contributed by atoms with van der Waals surface area (Å²) in [6.07, 6.45) is 8.48. The van der Waals surface area contributed by atoms with E-state index in [1.54, 1.807) is 37.3 Å². The zero-order valence-corrected chi connectivity index (χ0v) is 23.4. The minimum atomic E-state index is -0.574. The van der Waals surface area contributed by atoms with E-state index in [4.69, 9.17) is 15.5 Å². The van der Waals surface area contributed by atoms with Crippen molar-refractivity contribution in [2.75, 3.05) is 25.1 Å². The third kappa shape index (κ3) is 4.17. The summed E-state index contributed by atoms with van der Waals surface area (Å²) in [5.41, 5.74) is 11.1. The fourth-order valence-electron chi connectivity index (χ4n) is 6.45. The lowest BCUT2D eigenvalue weighted by Crippen LogP contribution is -2.69. The van der Waals surface area contributed by atoms with Gasteiger partial charge in [-0.25, -0.2) is 14.5 Å². The maximum atomic E-state index is 14.6. The Bertz CT molecular complexity index is 1840. The Kier molecular flexibility index (Phi) is 5.96. The van der Waals surface area contributed by atoms with E-state index in [0.29, 0.717) is 34.1 Å². The normalized spacial score (nSPS) is 21.8. The summed E-state index contributed by atoms with van der Waals surface area (Å²) in [4.78, 5) is 13.8. The Balaban J connectivity index is 1.17. The molecule has 0 bridgehead atoms. The van der Waals surface area contributed by atoms with Gasteiger partial charge in [-0.05, 0) is 30.7 Å². The molecule has 0 radical (unpaired) electrons. The average Bonchev–Trinajstić information content (AvgIpc) is 3.58. The van der Waals surface area contributed by atoms with E-state index in [2.05, 4.69) is 38.0 Å². The lowest BCUT2D eigenvalue weighted by atomic mass is 9.85. The minimum Gasteiger partial charge on any atom is -0.481 e. The van der Waals surface area contributed by atoms with Crippen molar-refractivity contribution in [1.29, 1.82) is 5.26 Å². The molecule has 2 aliphatic rings. The maximum Gasteiger partial charge on any atom is 0.240 e. The van der Waals surface area contributed by atoms with Crippen LogP contribution in [0.4, 0.5) is 10.2 Å². The molecule has 5 aromatic rings. The van der Waals surface area contributed by atoms with Crippen LogP contribution in [0.15, 0.2) is 61.3 Å². The van der Waals surface area contributed by atoms with Crippen LogP contribution in [0.25, 0.3) is 27.8 Å². The summed E-state index contributed by atoms with van der Waals surface area (Å²) in [6.45, 7) is 4.44. The van der Waals surface area contributed by atoms with Crippen LogP contribution >= 0.6 is 0 Å². The number of fused-ring (bicyclic) bond motifs is 2. The van der Waals surface area contributed by atoms with Gasteiger partial charge in [0.1, 0.15) is 11.9 Å². The minimum absolute atomic E-state index is 0.116. The van der Waals surface area contributed by atoms with Crippen LogP contribution in [0.2, 0.25) is 0 Å². The Morgan fingerprint density at radius 1 is 1.12 bits per heavy atom. The first-order valence-electron chi connectivity index (χ1n) is 13.6. The molecule has 11 nitrogen and oxygen atoms in total. The number of aromatic nitrogens is 6. The van der Waals surface area contributed by atoms with Crippen LogP contribution in [0, 0.1) is 17.3 Å². The second-order valence-electron chi connectivity index (χ2n) is 11.3. The highest BCUT2D eigenvalue weighted by molar-refractivity contribution is 5.87. The van der Waals surface area contributed by atoms with E-state index < -0.39 is 11.5 Å². The van der Waals surface area contributed by atoms with Crippen molar-refractivity contribution >= 4 is 11.3 Å². The average molecular weight is 565 g/mol. The smallest absolute Gasteiger partial charge is 0.240 e. The Morgan fingerprint density at radius 2 is 1.98 bits per heavy atom. The van der Waals surface area contributed by atoms with Crippen LogP contribution < -0.4 is 15.4 Å². The summed E-state index contributed by atoms with van der Waals surface area (Å²) in [7, 11) is 3.28. The molecule has 1 unspecified atom stereocenters. The SMILES string of the molecule is COc1ccc(CN2CC(C)(N)[C@H]3[C@@H]2CN3c2ccc(-c3cc(-c4cn(C)nc4F)cn4ncc(C#N)c34)cn2)cn1. The van der Waals surface area contributed by atoms with Crippen LogP contribution in [0.1, 0.15) is 18.1 Å². The Morgan fingerprint density at radius 3 is 2.64 bits per heavy atom. The van der Waals surface area contributed by atoms with Crippen molar-refractivity contribution in [1.82, 2.24) is 34.3 Å². The molecule has 2 aliphatic heterocycles. The number of hydrogen-bond donors (Lipinski definition) is 1. The van der Waals surface area contributed by atoms with Gasteiger partial charge in [-0.2, -0.15) is 14.8 Å². The summed E-state index contributed by atoms with van der Waals surface area (Å²) >= 11 is 0. The predicted octanol–water partition coefficient (Wildman–Crippen LogP) is 3.00. The first-order chi connectivity index (χ1) is 20.3. The van der Waals surface area contributed by atoms with E-state index in [1.165, 1.54) is 10.9 Å². The molecule has 212 valence electrons. The number of anilines is 1. The topological polar surface area (TPSA) is 126 Å². The first-order valence-corrected chi connectivity index (χ1v) is 13.6. The number of nitrogens with zero attached hydrogens (tertiary/aromatic N) is 9. The van der Waals surface area contributed by atoms with Gasteiger partial charge in [0.05, 0.1) is 36.0 Å². The van der Waals surface area contributed by atoms with Gasteiger partial charge in [-0.15, -0.1) is 5.10 Å². The largest absolute Gasteiger partial charge is 0.481 e. The fraction of sp³-hybridized carbons (Fsp3) is 0.300. The summed E-state index contributed by atoms with van der Waals surface area (Å²) in [5.74, 6) is 0.860. The molecule has 0 aliphatic carbocycles. The lowest BCUT2D eigenvalue weighted by Gasteiger charge is -2.51. The molecule has 0 aromatic carbocycles. The molecule has 7 rings (SSSR count). The molecule has 0 spiro atoms. The van der Waals surface area contributed by atoms with Gasteiger partial charge in [0.2, 0.25) is 11.8 Å². The molecule has 2 fully saturated rings. The summed E-state index contributed by atoms with van der Waals surface area (Å²) in [5, 5.41) is 17.9. The molecular weight excluding hydrogens is 535 g/mol. The Hall–Kier alpha value is -4.86. The number of halogens is 1.